The lowest BCUT2D eigenvalue weighted by Crippen LogP contribution is -2.48. The molecule has 2 aliphatic heterocycles. The molecule has 1 aromatic heterocycles. The second-order valence-corrected chi connectivity index (χ2v) is 8.24. The maximum absolute atomic E-state index is 12.6. The lowest BCUT2D eigenvalue weighted by molar-refractivity contribution is -0.130. The largest absolute Gasteiger partial charge is 0.483 e. The van der Waals surface area contributed by atoms with Crippen molar-refractivity contribution < 1.29 is 19.8 Å². The van der Waals surface area contributed by atoms with Gasteiger partial charge in [0.05, 0.1) is 11.8 Å². The van der Waals surface area contributed by atoms with Gasteiger partial charge < -0.3 is 15.1 Å². The van der Waals surface area contributed by atoms with Crippen molar-refractivity contribution in [2.75, 3.05) is 26.2 Å². The number of amides is 1. The number of aliphatic hydroxyl groups excluding tert-OH is 1. The molecular formula is C20H32N4O4. The molecule has 0 radical (unpaired) electrons. The SMILES string of the molecule is Cc1ccn(CCC(=O)N2C[C@H]3C[C@@H](N4CCCC4)[C@H](O)C[C@H]3C2)n1.O=CO. The molecule has 0 aromatic carbocycles. The smallest absolute Gasteiger partial charge is 0.290 e. The van der Waals surface area contributed by atoms with Crippen molar-refractivity contribution >= 4 is 12.4 Å². The molecule has 3 heterocycles. The quantitative estimate of drug-likeness (QED) is 0.741. The highest BCUT2D eigenvalue weighted by Crippen LogP contribution is 2.39. The fourth-order valence-corrected chi connectivity index (χ4v) is 5.03. The van der Waals surface area contributed by atoms with Crippen molar-refractivity contribution in [3.05, 3.63) is 18.0 Å². The van der Waals surface area contributed by atoms with E-state index in [0.717, 1.165) is 44.7 Å². The lowest BCUT2D eigenvalue weighted by atomic mass is 9.77. The van der Waals surface area contributed by atoms with Crippen molar-refractivity contribution in [1.82, 2.24) is 19.6 Å². The Balaban J connectivity index is 0.000000706. The Morgan fingerprint density at radius 2 is 1.89 bits per heavy atom. The Bertz CT molecular complexity index is 658. The third-order valence-electron chi connectivity index (χ3n) is 6.40. The normalized spacial score (nSPS) is 29.9. The molecular weight excluding hydrogens is 360 g/mol. The third kappa shape index (κ3) is 4.91. The van der Waals surface area contributed by atoms with Crippen LogP contribution in [-0.2, 0) is 16.1 Å². The van der Waals surface area contributed by atoms with Crippen LogP contribution in [0.4, 0.5) is 0 Å². The van der Waals surface area contributed by atoms with Gasteiger partial charge in [-0.25, -0.2) is 0 Å². The number of hydrogen-bond acceptors (Lipinski definition) is 5. The summed E-state index contributed by atoms with van der Waals surface area (Å²) in [6.07, 6.45) is 6.65. The van der Waals surface area contributed by atoms with Crippen LogP contribution in [0.15, 0.2) is 12.3 Å². The second-order valence-electron chi connectivity index (χ2n) is 8.24. The topological polar surface area (TPSA) is 98.9 Å². The molecule has 2 saturated heterocycles. The van der Waals surface area contributed by atoms with Gasteiger partial charge in [0.1, 0.15) is 0 Å². The average Bonchev–Trinajstić information content (AvgIpc) is 3.40. The molecule has 0 unspecified atom stereocenters. The van der Waals surface area contributed by atoms with E-state index in [4.69, 9.17) is 9.90 Å². The molecule has 156 valence electrons. The summed E-state index contributed by atoms with van der Waals surface area (Å²) in [6.45, 7) is 6.32. The van der Waals surface area contributed by atoms with Gasteiger partial charge in [0, 0.05) is 38.3 Å². The molecule has 8 heteroatoms. The molecule has 4 rings (SSSR count). The summed E-state index contributed by atoms with van der Waals surface area (Å²) in [4.78, 5) is 25.5. The first kappa shape index (κ1) is 20.8. The molecule has 4 atom stereocenters. The minimum atomic E-state index is -0.250. The Morgan fingerprint density at radius 3 is 2.50 bits per heavy atom. The van der Waals surface area contributed by atoms with Crippen LogP contribution in [-0.4, -0.2) is 80.5 Å². The molecule has 3 fully saturated rings. The predicted octanol–water partition coefficient (Wildman–Crippen LogP) is 0.976. The van der Waals surface area contributed by atoms with Crippen LogP contribution >= 0.6 is 0 Å². The van der Waals surface area contributed by atoms with Gasteiger partial charge >= 0.3 is 0 Å². The zero-order valence-electron chi connectivity index (χ0n) is 16.6. The number of aromatic nitrogens is 2. The second kappa shape index (κ2) is 9.52. The number of aryl methyl sites for hydroxylation is 2. The molecule has 2 N–H and O–H groups in total. The Labute approximate surface area is 166 Å². The maximum atomic E-state index is 12.6. The van der Waals surface area contributed by atoms with E-state index in [9.17, 15) is 9.90 Å². The highest BCUT2D eigenvalue weighted by atomic mass is 16.3. The van der Waals surface area contributed by atoms with E-state index in [-0.39, 0.29) is 18.5 Å². The van der Waals surface area contributed by atoms with Gasteiger partial charge in [-0.1, -0.05) is 0 Å². The fourth-order valence-electron chi connectivity index (χ4n) is 5.03. The van der Waals surface area contributed by atoms with Crippen molar-refractivity contribution in [2.45, 2.75) is 57.7 Å². The van der Waals surface area contributed by atoms with Gasteiger partial charge in [-0.05, 0) is 63.6 Å². The summed E-state index contributed by atoms with van der Waals surface area (Å²) < 4.78 is 1.85. The predicted molar refractivity (Wildman–Crippen MR) is 104 cm³/mol. The summed E-state index contributed by atoms with van der Waals surface area (Å²) in [6, 6.07) is 2.28. The zero-order valence-corrected chi connectivity index (χ0v) is 16.6. The van der Waals surface area contributed by atoms with Crippen LogP contribution in [0, 0.1) is 18.8 Å². The van der Waals surface area contributed by atoms with Crippen LogP contribution in [0.1, 0.15) is 37.8 Å². The molecule has 1 amide bonds. The number of fused-ring (bicyclic) bond motifs is 1. The number of aliphatic hydroxyl groups is 1. The van der Waals surface area contributed by atoms with E-state index in [2.05, 4.69) is 10.00 Å². The molecule has 3 aliphatic rings. The van der Waals surface area contributed by atoms with Crippen molar-refractivity contribution in [2.24, 2.45) is 11.8 Å². The summed E-state index contributed by atoms with van der Waals surface area (Å²) in [5.41, 5.74) is 0.988. The number of nitrogens with zero attached hydrogens (tertiary/aromatic N) is 4. The first-order valence-electron chi connectivity index (χ1n) is 10.3. The fraction of sp³-hybridized carbons (Fsp3) is 0.750. The first-order chi connectivity index (χ1) is 13.5. The number of likely N-dealkylation sites (tertiary alicyclic amines) is 2. The van der Waals surface area contributed by atoms with Crippen LogP contribution in [0.2, 0.25) is 0 Å². The van der Waals surface area contributed by atoms with Gasteiger partial charge in [0.2, 0.25) is 5.91 Å². The minimum Gasteiger partial charge on any atom is -0.483 e. The van der Waals surface area contributed by atoms with Gasteiger partial charge in [0.15, 0.2) is 0 Å². The first-order valence-corrected chi connectivity index (χ1v) is 10.3. The molecule has 0 bridgehead atoms. The highest BCUT2D eigenvalue weighted by molar-refractivity contribution is 5.76. The maximum Gasteiger partial charge on any atom is 0.290 e. The van der Waals surface area contributed by atoms with Gasteiger partial charge in [-0.3, -0.25) is 19.2 Å². The van der Waals surface area contributed by atoms with Crippen LogP contribution < -0.4 is 0 Å². The van der Waals surface area contributed by atoms with E-state index in [1.807, 2.05) is 28.8 Å². The molecule has 1 aliphatic carbocycles. The molecule has 28 heavy (non-hydrogen) atoms. The number of carbonyl (C=O) groups excluding carboxylic acids is 1. The van der Waals surface area contributed by atoms with Crippen LogP contribution in [0.25, 0.3) is 0 Å². The standard InChI is InChI=1S/C19H30N4O2.CH2O2/c1-14-4-8-23(20-14)9-5-19(25)22-12-15-10-17(21-6-2-3-7-21)18(24)11-16(15)13-22;2-1-3/h4,8,15-18,24H,2-3,5-7,9-13H2,1H3;1H,(H,2,3)/t15-,16+,17-,18-;/m1./s1. The molecule has 1 saturated carbocycles. The Hall–Kier alpha value is -1.93. The summed E-state index contributed by atoms with van der Waals surface area (Å²) in [7, 11) is 0. The van der Waals surface area contributed by atoms with Gasteiger partial charge in [-0.2, -0.15) is 5.10 Å². The van der Waals surface area contributed by atoms with Crippen molar-refractivity contribution in [1.29, 1.82) is 0 Å². The van der Waals surface area contributed by atoms with Gasteiger partial charge in [-0.15, -0.1) is 0 Å². The molecule has 0 spiro atoms. The van der Waals surface area contributed by atoms with Crippen molar-refractivity contribution in [3.8, 4) is 0 Å². The number of rotatable bonds is 4. The Morgan fingerprint density at radius 1 is 1.25 bits per heavy atom. The third-order valence-corrected chi connectivity index (χ3v) is 6.40. The van der Waals surface area contributed by atoms with E-state index >= 15 is 0 Å². The monoisotopic (exact) mass is 392 g/mol. The van der Waals surface area contributed by atoms with Gasteiger partial charge in [0.25, 0.3) is 6.47 Å². The Kier molecular flexibility index (Phi) is 7.07. The zero-order chi connectivity index (χ0) is 20.1. The lowest BCUT2D eigenvalue weighted by Gasteiger charge is -2.40. The van der Waals surface area contributed by atoms with E-state index in [1.54, 1.807) is 0 Å². The molecule has 1 aromatic rings. The number of carbonyl (C=O) groups is 2. The van der Waals surface area contributed by atoms with Crippen molar-refractivity contribution in [3.63, 3.8) is 0 Å². The summed E-state index contributed by atoms with van der Waals surface area (Å²) in [5.74, 6) is 1.27. The summed E-state index contributed by atoms with van der Waals surface area (Å²) >= 11 is 0. The minimum absolute atomic E-state index is 0.221. The summed E-state index contributed by atoms with van der Waals surface area (Å²) in [5, 5.41) is 21.8. The average molecular weight is 393 g/mol. The number of carboxylic acid groups (broad SMARTS) is 1. The van der Waals surface area contributed by atoms with E-state index < -0.39 is 0 Å². The van der Waals surface area contributed by atoms with Crippen LogP contribution in [0.5, 0.6) is 0 Å². The highest BCUT2D eigenvalue weighted by Gasteiger charge is 2.44. The number of hydrogen-bond donors (Lipinski definition) is 2. The van der Waals surface area contributed by atoms with E-state index in [1.165, 1.54) is 12.8 Å². The molecule has 8 nitrogen and oxygen atoms in total. The van der Waals surface area contributed by atoms with Crippen LogP contribution in [0.3, 0.4) is 0 Å². The van der Waals surface area contributed by atoms with E-state index in [0.29, 0.717) is 30.8 Å².